The van der Waals surface area contributed by atoms with E-state index in [-0.39, 0.29) is 19.2 Å². The second kappa shape index (κ2) is 6.56. The van der Waals surface area contributed by atoms with Crippen LogP contribution in [0, 0.1) is 11.3 Å². The summed E-state index contributed by atoms with van der Waals surface area (Å²) in [5.74, 6) is -1.61. The van der Waals surface area contributed by atoms with Gasteiger partial charge in [-0.05, 0) is 42.9 Å². The van der Waals surface area contributed by atoms with Gasteiger partial charge in [-0.1, -0.05) is 0 Å². The summed E-state index contributed by atoms with van der Waals surface area (Å²) in [6, 6.07) is 0.847. The van der Waals surface area contributed by atoms with E-state index in [1.807, 2.05) is 0 Å². The lowest BCUT2D eigenvalue weighted by atomic mass is 9.81. The van der Waals surface area contributed by atoms with Gasteiger partial charge >= 0.3 is 18.4 Å². The van der Waals surface area contributed by atoms with Crippen molar-refractivity contribution < 1.29 is 41.0 Å². The van der Waals surface area contributed by atoms with Gasteiger partial charge in [-0.3, -0.25) is 4.79 Å². The Labute approximate surface area is 155 Å². The number of carbonyl (C=O) groups excluding carboxylic acids is 1. The van der Waals surface area contributed by atoms with Gasteiger partial charge in [0.15, 0.2) is 0 Å². The van der Waals surface area contributed by atoms with Crippen LogP contribution in [0.3, 0.4) is 0 Å². The molecule has 2 N–H and O–H groups in total. The monoisotopic (exact) mass is 410 g/mol. The van der Waals surface area contributed by atoms with Gasteiger partial charge in [0.25, 0.3) is 0 Å². The van der Waals surface area contributed by atoms with Gasteiger partial charge in [0.1, 0.15) is 0 Å². The number of benzene rings is 1. The molecular weight excluding hydrogens is 394 g/mol. The van der Waals surface area contributed by atoms with E-state index in [4.69, 9.17) is 5.11 Å². The lowest BCUT2D eigenvalue weighted by Crippen LogP contribution is -2.48. The molecule has 154 valence electrons. The fourth-order valence-corrected chi connectivity index (χ4v) is 3.59. The van der Waals surface area contributed by atoms with Crippen molar-refractivity contribution in [3.05, 3.63) is 29.3 Å². The number of halogens is 6. The van der Waals surface area contributed by atoms with E-state index in [1.54, 1.807) is 0 Å². The number of alkyl halides is 6. The van der Waals surface area contributed by atoms with Crippen LogP contribution in [-0.2, 0) is 17.1 Å². The molecule has 2 aliphatic rings. The van der Waals surface area contributed by atoms with Crippen LogP contribution in [-0.4, -0.2) is 35.1 Å². The minimum atomic E-state index is -5.02. The number of nitrogens with one attached hydrogen (secondary N) is 1. The summed E-state index contributed by atoms with van der Waals surface area (Å²) in [6.07, 6.45) is -9.53. The Balaban J connectivity index is 1.88. The molecule has 1 saturated carbocycles. The minimum Gasteiger partial charge on any atom is -0.465 e. The van der Waals surface area contributed by atoms with Crippen molar-refractivity contribution in [3.8, 4) is 0 Å². The van der Waals surface area contributed by atoms with Crippen LogP contribution in [0.15, 0.2) is 18.2 Å². The Morgan fingerprint density at radius 2 is 1.54 bits per heavy atom. The Morgan fingerprint density at radius 3 is 1.96 bits per heavy atom. The molecule has 1 atom stereocenters. The summed E-state index contributed by atoms with van der Waals surface area (Å²) in [5, 5.41) is 11.2. The van der Waals surface area contributed by atoms with E-state index in [0.717, 1.165) is 4.90 Å². The number of rotatable bonds is 2. The SMILES string of the molecule is O=C(Nc1cc(C(F)(F)F)cc(C(F)(F)F)c1)[C@@H]1CN(C(=O)O)CCC12CC2. The molecule has 0 radical (unpaired) electrons. The standard InChI is InChI=1S/C17H16F6N2O3/c18-16(19,20)9-5-10(17(21,22)23)7-11(6-9)24-13(26)12-8-25(14(27)28)4-3-15(12)1-2-15/h5-7,12H,1-4,8H2,(H,24,26)(H,27,28)/t12-/m0/s1. The molecule has 3 rings (SSSR count). The summed E-state index contributed by atoms with van der Waals surface area (Å²) < 4.78 is 77.7. The van der Waals surface area contributed by atoms with Crippen LogP contribution in [0.1, 0.15) is 30.4 Å². The molecule has 1 heterocycles. The van der Waals surface area contributed by atoms with Gasteiger partial charge in [-0.15, -0.1) is 0 Å². The molecule has 28 heavy (non-hydrogen) atoms. The predicted molar refractivity (Wildman–Crippen MR) is 84.4 cm³/mol. The molecule has 2 fully saturated rings. The fraction of sp³-hybridized carbons (Fsp3) is 0.529. The molecule has 1 spiro atoms. The quantitative estimate of drug-likeness (QED) is 0.709. The first-order valence-electron chi connectivity index (χ1n) is 8.40. The summed E-state index contributed by atoms with van der Waals surface area (Å²) >= 11 is 0. The van der Waals surface area contributed by atoms with Crippen LogP contribution in [0.4, 0.5) is 36.8 Å². The third-order valence-electron chi connectivity index (χ3n) is 5.36. The van der Waals surface area contributed by atoms with Crippen LogP contribution >= 0.6 is 0 Å². The summed E-state index contributed by atoms with van der Waals surface area (Å²) in [7, 11) is 0. The van der Waals surface area contributed by atoms with Crippen molar-refractivity contribution in [3.63, 3.8) is 0 Å². The largest absolute Gasteiger partial charge is 0.465 e. The van der Waals surface area contributed by atoms with Crippen molar-refractivity contribution in [1.82, 2.24) is 4.90 Å². The Bertz CT molecular complexity index is 769. The highest BCUT2D eigenvalue weighted by atomic mass is 19.4. The summed E-state index contributed by atoms with van der Waals surface area (Å²) in [6.45, 7) is 0.0904. The molecule has 1 aliphatic carbocycles. The van der Waals surface area contributed by atoms with E-state index in [9.17, 15) is 35.9 Å². The number of anilines is 1. The zero-order chi connectivity index (χ0) is 20.9. The highest BCUT2D eigenvalue weighted by Gasteiger charge is 2.55. The van der Waals surface area contributed by atoms with Gasteiger partial charge in [0, 0.05) is 18.8 Å². The predicted octanol–water partition coefficient (Wildman–Crippen LogP) is 4.44. The van der Waals surface area contributed by atoms with Crippen molar-refractivity contribution in [1.29, 1.82) is 0 Å². The number of carboxylic acid groups (broad SMARTS) is 1. The maximum Gasteiger partial charge on any atom is 0.416 e. The Hall–Kier alpha value is -2.46. The second-order valence-corrected chi connectivity index (χ2v) is 7.18. The van der Waals surface area contributed by atoms with Crippen LogP contribution in [0.25, 0.3) is 0 Å². The van der Waals surface area contributed by atoms with Crippen LogP contribution in [0.5, 0.6) is 0 Å². The normalized spacial score (nSPS) is 21.5. The van der Waals surface area contributed by atoms with E-state index in [2.05, 4.69) is 5.32 Å². The maximum absolute atomic E-state index is 12.9. The van der Waals surface area contributed by atoms with E-state index in [0.29, 0.717) is 31.4 Å². The number of likely N-dealkylation sites (tertiary alicyclic amines) is 1. The maximum atomic E-state index is 12.9. The first-order chi connectivity index (χ1) is 12.8. The van der Waals surface area contributed by atoms with Crippen LogP contribution in [0.2, 0.25) is 0 Å². The van der Waals surface area contributed by atoms with Crippen LogP contribution < -0.4 is 5.32 Å². The first kappa shape index (κ1) is 20.3. The van der Waals surface area contributed by atoms with Crippen molar-refractivity contribution in [2.75, 3.05) is 18.4 Å². The Morgan fingerprint density at radius 1 is 1.00 bits per heavy atom. The van der Waals surface area contributed by atoms with Gasteiger partial charge in [-0.2, -0.15) is 26.3 Å². The van der Waals surface area contributed by atoms with Gasteiger partial charge in [0.05, 0.1) is 17.0 Å². The molecule has 2 amide bonds. The zero-order valence-corrected chi connectivity index (χ0v) is 14.3. The molecule has 1 aromatic carbocycles. The average Bonchev–Trinajstić information content (AvgIpc) is 3.33. The number of hydrogen-bond donors (Lipinski definition) is 2. The smallest absolute Gasteiger partial charge is 0.416 e. The molecule has 11 heteroatoms. The zero-order valence-electron chi connectivity index (χ0n) is 14.3. The topological polar surface area (TPSA) is 69.6 Å². The summed E-state index contributed by atoms with van der Waals surface area (Å²) in [4.78, 5) is 24.8. The van der Waals surface area contributed by atoms with E-state index < -0.39 is 52.5 Å². The number of nitrogens with zero attached hydrogens (tertiary/aromatic N) is 1. The van der Waals surface area contributed by atoms with Gasteiger partial charge in [0.2, 0.25) is 5.91 Å². The number of hydrogen-bond acceptors (Lipinski definition) is 2. The summed E-state index contributed by atoms with van der Waals surface area (Å²) in [5.41, 5.74) is -4.13. The van der Waals surface area contributed by atoms with E-state index >= 15 is 0 Å². The average molecular weight is 410 g/mol. The van der Waals surface area contributed by atoms with Gasteiger partial charge < -0.3 is 15.3 Å². The molecule has 0 bridgehead atoms. The minimum absolute atomic E-state index is 0.0230. The first-order valence-corrected chi connectivity index (χ1v) is 8.40. The molecule has 1 aliphatic heterocycles. The third kappa shape index (κ3) is 4.02. The molecule has 1 aromatic rings. The molecule has 5 nitrogen and oxygen atoms in total. The number of carbonyl (C=O) groups is 2. The molecular formula is C17H16F6N2O3. The Kier molecular flexibility index (Phi) is 4.75. The number of amides is 2. The van der Waals surface area contributed by atoms with Crippen molar-refractivity contribution in [2.24, 2.45) is 11.3 Å². The molecule has 1 saturated heterocycles. The van der Waals surface area contributed by atoms with E-state index in [1.165, 1.54) is 0 Å². The molecule has 0 unspecified atom stereocenters. The van der Waals surface area contributed by atoms with Crippen molar-refractivity contribution in [2.45, 2.75) is 31.6 Å². The highest BCUT2D eigenvalue weighted by molar-refractivity contribution is 5.94. The lowest BCUT2D eigenvalue weighted by Gasteiger charge is -2.36. The lowest BCUT2D eigenvalue weighted by molar-refractivity contribution is -0.143. The number of piperidine rings is 1. The second-order valence-electron chi connectivity index (χ2n) is 7.18. The third-order valence-corrected chi connectivity index (χ3v) is 5.36. The highest BCUT2D eigenvalue weighted by Crippen LogP contribution is 2.57. The van der Waals surface area contributed by atoms with Gasteiger partial charge in [-0.25, -0.2) is 4.79 Å². The fourth-order valence-electron chi connectivity index (χ4n) is 3.59. The molecule has 0 aromatic heterocycles. The van der Waals surface area contributed by atoms with Crippen molar-refractivity contribution >= 4 is 17.7 Å².